The third-order valence-corrected chi connectivity index (χ3v) is 5.63. The molecule has 0 unspecified atom stereocenters. The topological polar surface area (TPSA) is 70.4 Å². The third kappa shape index (κ3) is 3.02. The first-order valence-electron chi connectivity index (χ1n) is 8.94. The van der Waals surface area contributed by atoms with E-state index in [1.807, 2.05) is 31.3 Å². The maximum absolute atomic E-state index is 12.6. The van der Waals surface area contributed by atoms with E-state index in [9.17, 15) is 4.79 Å². The molecule has 1 amide bonds. The Kier molecular flexibility index (Phi) is 4.21. The minimum Gasteiger partial charge on any atom is -0.432 e. The van der Waals surface area contributed by atoms with Gasteiger partial charge in [0.05, 0.1) is 6.20 Å². The summed E-state index contributed by atoms with van der Waals surface area (Å²) in [6.45, 7) is 4.48. The van der Waals surface area contributed by atoms with E-state index < -0.39 is 0 Å². The number of nitrogens with zero attached hydrogens (tertiary/aromatic N) is 2. The molecule has 3 fully saturated rings. The minimum atomic E-state index is -0.219. The van der Waals surface area contributed by atoms with Crippen molar-refractivity contribution >= 4 is 11.6 Å². The highest BCUT2D eigenvalue weighted by Gasteiger charge is 2.40. The van der Waals surface area contributed by atoms with Crippen LogP contribution in [0.25, 0.3) is 11.3 Å². The van der Waals surface area contributed by atoms with Gasteiger partial charge in [-0.05, 0) is 63.0 Å². The van der Waals surface area contributed by atoms with Crippen molar-refractivity contribution in [2.45, 2.75) is 31.8 Å². The number of fused-ring (bicyclic) bond motifs is 3. The van der Waals surface area contributed by atoms with Crippen LogP contribution in [-0.4, -0.2) is 48.0 Å². The molecule has 0 spiro atoms. The van der Waals surface area contributed by atoms with Crippen molar-refractivity contribution in [2.75, 3.05) is 25.5 Å². The molecule has 2 aromatic rings. The van der Waals surface area contributed by atoms with Gasteiger partial charge in [0.1, 0.15) is 0 Å². The van der Waals surface area contributed by atoms with Crippen LogP contribution in [0.3, 0.4) is 0 Å². The zero-order valence-electron chi connectivity index (χ0n) is 14.7. The monoisotopic (exact) mass is 340 g/mol. The van der Waals surface area contributed by atoms with Crippen LogP contribution in [0.1, 0.15) is 30.5 Å². The third-order valence-electron chi connectivity index (χ3n) is 5.63. The molecule has 2 N–H and O–H groups in total. The maximum atomic E-state index is 12.6. The average Bonchev–Trinajstić information content (AvgIpc) is 3.15. The van der Waals surface area contributed by atoms with Gasteiger partial charge in [0.2, 0.25) is 0 Å². The van der Waals surface area contributed by atoms with Crippen LogP contribution >= 0.6 is 0 Å². The Hall–Kier alpha value is -2.34. The van der Waals surface area contributed by atoms with Crippen molar-refractivity contribution in [2.24, 2.45) is 5.92 Å². The zero-order valence-corrected chi connectivity index (χ0v) is 14.7. The number of rotatable bonds is 4. The van der Waals surface area contributed by atoms with E-state index >= 15 is 0 Å². The molecule has 4 heterocycles. The van der Waals surface area contributed by atoms with Gasteiger partial charge in [-0.3, -0.25) is 9.69 Å². The zero-order chi connectivity index (χ0) is 17.4. The molecule has 0 radical (unpaired) electrons. The molecule has 0 aliphatic carbocycles. The predicted molar refractivity (Wildman–Crippen MR) is 96.5 cm³/mol. The molecule has 2 atom stereocenters. The SMILES string of the molecule is CNc1ccc(-c2cnc(C(=O)N[C@@H]3C4CCN(CC4)[C@H]3C)o2)cc1. The second kappa shape index (κ2) is 6.52. The molecular weight excluding hydrogens is 316 g/mol. The standard InChI is InChI=1S/C19H24N4O2/c1-12-17(14-7-9-23(12)10-8-14)22-18(24)19-21-11-16(25-19)13-3-5-15(20-2)6-4-13/h3-6,11-12,14,17,20H,7-10H2,1-2H3,(H,22,24)/t12-,17-/m0/s1. The van der Waals surface area contributed by atoms with Crippen molar-refractivity contribution in [1.82, 2.24) is 15.2 Å². The maximum Gasteiger partial charge on any atom is 0.307 e. The van der Waals surface area contributed by atoms with Gasteiger partial charge < -0.3 is 15.1 Å². The van der Waals surface area contributed by atoms with Crippen LogP contribution in [0.15, 0.2) is 34.9 Å². The first-order valence-corrected chi connectivity index (χ1v) is 8.94. The summed E-state index contributed by atoms with van der Waals surface area (Å²) >= 11 is 0. The van der Waals surface area contributed by atoms with E-state index in [0.717, 1.165) is 37.2 Å². The van der Waals surface area contributed by atoms with Crippen LogP contribution in [0.4, 0.5) is 5.69 Å². The number of anilines is 1. The lowest BCUT2D eigenvalue weighted by atomic mass is 9.79. The number of hydrogen-bond acceptors (Lipinski definition) is 5. The first kappa shape index (κ1) is 16.1. The molecule has 1 aromatic carbocycles. The molecule has 0 saturated carbocycles. The quantitative estimate of drug-likeness (QED) is 0.895. The predicted octanol–water partition coefficient (Wildman–Crippen LogP) is 2.60. The number of carbonyl (C=O) groups excluding carboxylic acids is 1. The Labute approximate surface area is 147 Å². The molecule has 3 aliphatic rings. The fourth-order valence-electron chi connectivity index (χ4n) is 4.07. The highest BCUT2D eigenvalue weighted by Crippen LogP contribution is 2.32. The molecule has 6 nitrogen and oxygen atoms in total. The second-order valence-corrected chi connectivity index (χ2v) is 6.97. The number of hydrogen-bond donors (Lipinski definition) is 2. The number of carbonyl (C=O) groups is 1. The Balaban J connectivity index is 1.47. The molecule has 132 valence electrons. The van der Waals surface area contributed by atoms with Gasteiger partial charge in [-0.25, -0.2) is 4.98 Å². The van der Waals surface area contributed by atoms with Gasteiger partial charge in [0.15, 0.2) is 5.76 Å². The second-order valence-electron chi connectivity index (χ2n) is 6.97. The van der Waals surface area contributed by atoms with Crippen molar-refractivity contribution in [1.29, 1.82) is 0 Å². The van der Waals surface area contributed by atoms with Crippen LogP contribution in [0.2, 0.25) is 0 Å². The van der Waals surface area contributed by atoms with Crippen LogP contribution < -0.4 is 10.6 Å². The lowest BCUT2D eigenvalue weighted by Gasteiger charge is -2.49. The van der Waals surface area contributed by atoms with E-state index in [2.05, 4.69) is 27.4 Å². The van der Waals surface area contributed by atoms with Gasteiger partial charge in [-0.2, -0.15) is 0 Å². The van der Waals surface area contributed by atoms with Gasteiger partial charge in [-0.15, -0.1) is 0 Å². The summed E-state index contributed by atoms with van der Waals surface area (Å²) in [5.41, 5.74) is 1.93. The average molecular weight is 340 g/mol. The molecule has 2 bridgehead atoms. The summed E-state index contributed by atoms with van der Waals surface area (Å²) < 4.78 is 5.70. The van der Waals surface area contributed by atoms with E-state index in [0.29, 0.717) is 17.7 Å². The van der Waals surface area contributed by atoms with Crippen molar-refractivity contribution in [3.8, 4) is 11.3 Å². The normalized spacial score (nSPS) is 27.9. The smallest absolute Gasteiger partial charge is 0.307 e. The van der Waals surface area contributed by atoms with Crippen molar-refractivity contribution in [3.63, 3.8) is 0 Å². The highest BCUT2D eigenvalue weighted by molar-refractivity contribution is 5.90. The van der Waals surface area contributed by atoms with E-state index in [1.165, 1.54) is 0 Å². The lowest BCUT2D eigenvalue weighted by Crippen LogP contribution is -2.62. The Morgan fingerprint density at radius 3 is 2.60 bits per heavy atom. The van der Waals surface area contributed by atoms with Gasteiger partial charge in [-0.1, -0.05) is 0 Å². The highest BCUT2D eigenvalue weighted by atomic mass is 16.4. The number of benzene rings is 1. The lowest BCUT2D eigenvalue weighted by molar-refractivity contribution is 0.0210. The summed E-state index contributed by atoms with van der Waals surface area (Å²) in [5.74, 6) is 1.09. The van der Waals surface area contributed by atoms with E-state index in [4.69, 9.17) is 4.42 Å². The number of amides is 1. The Morgan fingerprint density at radius 1 is 1.24 bits per heavy atom. The molecule has 6 heteroatoms. The summed E-state index contributed by atoms with van der Waals surface area (Å²) in [6.07, 6.45) is 3.93. The Bertz CT molecular complexity index is 745. The first-order chi connectivity index (χ1) is 12.2. The fourth-order valence-corrected chi connectivity index (χ4v) is 4.07. The molecule has 1 aromatic heterocycles. The molecule has 3 saturated heterocycles. The molecule has 25 heavy (non-hydrogen) atoms. The van der Waals surface area contributed by atoms with Crippen LogP contribution in [0.5, 0.6) is 0 Å². The van der Waals surface area contributed by atoms with Crippen LogP contribution in [-0.2, 0) is 0 Å². The van der Waals surface area contributed by atoms with Gasteiger partial charge in [0, 0.05) is 30.4 Å². The van der Waals surface area contributed by atoms with Crippen LogP contribution in [0, 0.1) is 5.92 Å². The Morgan fingerprint density at radius 2 is 1.96 bits per heavy atom. The van der Waals surface area contributed by atoms with E-state index in [-0.39, 0.29) is 17.8 Å². The number of oxazole rings is 1. The largest absolute Gasteiger partial charge is 0.432 e. The van der Waals surface area contributed by atoms with Gasteiger partial charge >= 0.3 is 5.91 Å². The molecular formula is C19H24N4O2. The summed E-state index contributed by atoms with van der Waals surface area (Å²) in [4.78, 5) is 19.2. The summed E-state index contributed by atoms with van der Waals surface area (Å²) in [7, 11) is 1.88. The summed E-state index contributed by atoms with van der Waals surface area (Å²) in [6, 6.07) is 8.38. The summed E-state index contributed by atoms with van der Waals surface area (Å²) in [5, 5.41) is 6.23. The van der Waals surface area contributed by atoms with Crippen molar-refractivity contribution < 1.29 is 9.21 Å². The molecule has 3 aliphatic heterocycles. The number of piperidine rings is 3. The molecule has 5 rings (SSSR count). The number of nitrogens with one attached hydrogen (secondary N) is 2. The van der Waals surface area contributed by atoms with Gasteiger partial charge in [0.25, 0.3) is 5.89 Å². The number of aromatic nitrogens is 1. The van der Waals surface area contributed by atoms with E-state index in [1.54, 1.807) is 6.20 Å². The van der Waals surface area contributed by atoms with Crippen molar-refractivity contribution in [3.05, 3.63) is 36.4 Å². The minimum absolute atomic E-state index is 0.135. The fraction of sp³-hybridized carbons (Fsp3) is 0.474.